The molecule has 1 aromatic heterocycles. The third kappa shape index (κ3) is 2.81. The Kier molecular flexibility index (Phi) is 3.96. The Morgan fingerprint density at radius 1 is 1.16 bits per heavy atom. The molecular formula is C13H14BrCl2N3. The summed E-state index contributed by atoms with van der Waals surface area (Å²) in [6.45, 7) is 8.14. The maximum Gasteiger partial charge on any atom is 0.229 e. The fourth-order valence-electron chi connectivity index (χ4n) is 1.77. The quantitative estimate of drug-likeness (QED) is 0.719. The molecule has 0 radical (unpaired) electrons. The molecule has 0 unspecified atom stereocenters. The van der Waals surface area contributed by atoms with Gasteiger partial charge in [-0.25, -0.2) is 0 Å². The van der Waals surface area contributed by atoms with Crippen LogP contribution in [0.15, 0.2) is 16.6 Å². The predicted molar refractivity (Wildman–Crippen MR) is 82.5 cm³/mol. The summed E-state index contributed by atoms with van der Waals surface area (Å²) in [6.07, 6.45) is 0. The van der Waals surface area contributed by atoms with Crippen LogP contribution in [-0.2, 0) is 5.41 Å². The summed E-state index contributed by atoms with van der Waals surface area (Å²) < 4.78 is 2.72. The van der Waals surface area contributed by atoms with Crippen LogP contribution < -0.4 is 0 Å². The molecule has 0 saturated carbocycles. The molecule has 0 spiro atoms. The monoisotopic (exact) mass is 361 g/mol. The van der Waals surface area contributed by atoms with Crippen molar-refractivity contribution in [1.29, 1.82) is 0 Å². The number of aryl methyl sites for hydroxylation is 1. The van der Waals surface area contributed by atoms with Gasteiger partial charge in [0.2, 0.25) is 5.28 Å². The summed E-state index contributed by atoms with van der Waals surface area (Å²) in [6, 6.07) is 3.83. The van der Waals surface area contributed by atoms with Crippen LogP contribution in [0.2, 0.25) is 10.3 Å². The van der Waals surface area contributed by atoms with E-state index in [1.165, 1.54) is 0 Å². The molecule has 0 aliphatic rings. The first-order valence-electron chi connectivity index (χ1n) is 5.79. The van der Waals surface area contributed by atoms with Gasteiger partial charge in [0.25, 0.3) is 0 Å². The van der Waals surface area contributed by atoms with Gasteiger partial charge in [-0.3, -0.25) is 4.57 Å². The molecule has 102 valence electrons. The van der Waals surface area contributed by atoms with E-state index in [0.29, 0.717) is 10.3 Å². The maximum atomic E-state index is 6.20. The van der Waals surface area contributed by atoms with E-state index in [1.807, 2.05) is 23.6 Å². The molecule has 0 saturated heterocycles. The summed E-state index contributed by atoms with van der Waals surface area (Å²) >= 11 is 15.9. The zero-order chi connectivity index (χ0) is 14.4. The molecule has 1 heterocycles. The molecule has 19 heavy (non-hydrogen) atoms. The third-order valence-electron chi connectivity index (χ3n) is 2.76. The zero-order valence-corrected chi connectivity index (χ0v) is 14.2. The van der Waals surface area contributed by atoms with Gasteiger partial charge in [-0.05, 0) is 52.2 Å². The van der Waals surface area contributed by atoms with Crippen molar-refractivity contribution in [2.75, 3.05) is 0 Å². The minimum Gasteiger partial charge on any atom is -0.268 e. The molecular weight excluding hydrogens is 349 g/mol. The van der Waals surface area contributed by atoms with Crippen LogP contribution in [0.25, 0.3) is 5.69 Å². The van der Waals surface area contributed by atoms with Gasteiger partial charge < -0.3 is 0 Å². The number of aromatic nitrogens is 3. The number of nitrogens with zero attached hydrogens (tertiary/aromatic N) is 3. The Balaban J connectivity index is 2.73. The zero-order valence-electron chi connectivity index (χ0n) is 11.1. The first-order valence-corrected chi connectivity index (χ1v) is 7.34. The number of hydrogen-bond donors (Lipinski definition) is 0. The average Bonchev–Trinajstić information content (AvgIpc) is 2.65. The van der Waals surface area contributed by atoms with E-state index in [2.05, 4.69) is 46.9 Å². The second-order valence-corrected chi connectivity index (χ2v) is 7.03. The Labute approximate surface area is 131 Å². The Morgan fingerprint density at radius 2 is 1.79 bits per heavy atom. The minimum atomic E-state index is -0.170. The van der Waals surface area contributed by atoms with Crippen LogP contribution in [0.3, 0.4) is 0 Å². The van der Waals surface area contributed by atoms with Crippen molar-refractivity contribution in [3.63, 3.8) is 0 Å². The van der Waals surface area contributed by atoms with E-state index >= 15 is 0 Å². The van der Waals surface area contributed by atoms with E-state index < -0.39 is 0 Å². The number of halogens is 3. The lowest BCUT2D eigenvalue weighted by atomic mass is 9.95. The lowest BCUT2D eigenvalue weighted by Gasteiger charge is -2.20. The van der Waals surface area contributed by atoms with Crippen molar-refractivity contribution in [3.8, 4) is 5.69 Å². The molecule has 0 fully saturated rings. The van der Waals surface area contributed by atoms with Crippen LogP contribution in [-0.4, -0.2) is 14.8 Å². The van der Waals surface area contributed by atoms with Crippen LogP contribution in [0.4, 0.5) is 0 Å². The topological polar surface area (TPSA) is 30.7 Å². The highest BCUT2D eigenvalue weighted by Gasteiger charge is 2.25. The standard InChI is InChI=1S/C13H14BrCl2N3/c1-7-5-8(14)10(6-9(7)15)19-11(13(2,3)4)17-18-12(19)16/h5-6H,1-4H3. The molecule has 0 aliphatic carbocycles. The third-order valence-corrected chi connectivity index (χ3v) is 4.05. The summed E-state index contributed by atoms with van der Waals surface area (Å²) in [4.78, 5) is 0. The molecule has 2 aromatic rings. The number of benzene rings is 1. The van der Waals surface area contributed by atoms with Crippen molar-refractivity contribution in [2.24, 2.45) is 0 Å². The fraction of sp³-hybridized carbons (Fsp3) is 0.385. The second-order valence-electron chi connectivity index (χ2n) is 5.43. The molecule has 0 amide bonds. The van der Waals surface area contributed by atoms with Gasteiger partial charge in [0, 0.05) is 14.9 Å². The number of rotatable bonds is 1. The second kappa shape index (κ2) is 5.08. The largest absolute Gasteiger partial charge is 0.268 e. The molecule has 6 heteroatoms. The van der Waals surface area contributed by atoms with Crippen LogP contribution in [0.1, 0.15) is 32.2 Å². The lowest BCUT2D eigenvalue weighted by Crippen LogP contribution is -2.18. The number of hydrogen-bond acceptors (Lipinski definition) is 2. The van der Waals surface area contributed by atoms with E-state index in [9.17, 15) is 0 Å². The Morgan fingerprint density at radius 3 is 2.37 bits per heavy atom. The molecule has 0 aliphatic heterocycles. The van der Waals surface area contributed by atoms with Gasteiger partial charge in [-0.1, -0.05) is 32.4 Å². The van der Waals surface area contributed by atoms with Gasteiger partial charge in [0.05, 0.1) is 5.69 Å². The molecule has 2 rings (SSSR count). The van der Waals surface area contributed by atoms with Crippen LogP contribution in [0, 0.1) is 6.92 Å². The molecule has 1 aromatic carbocycles. The van der Waals surface area contributed by atoms with Crippen molar-refractivity contribution in [2.45, 2.75) is 33.1 Å². The van der Waals surface area contributed by atoms with Gasteiger partial charge in [0.1, 0.15) is 5.82 Å². The SMILES string of the molecule is Cc1cc(Br)c(-n2c(Cl)nnc2C(C)(C)C)cc1Cl. The molecule has 0 bridgehead atoms. The van der Waals surface area contributed by atoms with E-state index in [0.717, 1.165) is 21.5 Å². The molecule has 0 N–H and O–H groups in total. The van der Waals surface area contributed by atoms with E-state index in [-0.39, 0.29) is 5.41 Å². The summed E-state index contributed by atoms with van der Waals surface area (Å²) in [5.74, 6) is 0.790. The van der Waals surface area contributed by atoms with Crippen molar-refractivity contribution < 1.29 is 0 Å². The highest BCUT2D eigenvalue weighted by molar-refractivity contribution is 9.10. The maximum absolute atomic E-state index is 6.20. The van der Waals surface area contributed by atoms with Gasteiger partial charge in [-0.2, -0.15) is 0 Å². The minimum absolute atomic E-state index is 0.170. The summed E-state index contributed by atoms with van der Waals surface area (Å²) in [5.41, 5.74) is 1.67. The van der Waals surface area contributed by atoms with Gasteiger partial charge >= 0.3 is 0 Å². The van der Waals surface area contributed by atoms with Crippen LogP contribution in [0.5, 0.6) is 0 Å². The highest BCUT2D eigenvalue weighted by Crippen LogP contribution is 2.33. The van der Waals surface area contributed by atoms with E-state index in [1.54, 1.807) is 0 Å². The van der Waals surface area contributed by atoms with Gasteiger partial charge in [0.15, 0.2) is 0 Å². The smallest absolute Gasteiger partial charge is 0.229 e. The molecule has 0 atom stereocenters. The van der Waals surface area contributed by atoms with E-state index in [4.69, 9.17) is 23.2 Å². The predicted octanol–water partition coefficient (Wildman–Crippen LogP) is 4.94. The van der Waals surface area contributed by atoms with Crippen LogP contribution >= 0.6 is 39.1 Å². The highest BCUT2D eigenvalue weighted by atomic mass is 79.9. The molecule has 3 nitrogen and oxygen atoms in total. The summed E-state index contributed by atoms with van der Waals surface area (Å²) in [7, 11) is 0. The normalized spacial score (nSPS) is 11.9. The van der Waals surface area contributed by atoms with Crippen molar-refractivity contribution in [1.82, 2.24) is 14.8 Å². The lowest BCUT2D eigenvalue weighted by molar-refractivity contribution is 0.533. The van der Waals surface area contributed by atoms with Crippen molar-refractivity contribution in [3.05, 3.63) is 38.3 Å². The summed E-state index contributed by atoms with van der Waals surface area (Å²) in [5, 5.41) is 9.15. The van der Waals surface area contributed by atoms with Gasteiger partial charge in [-0.15, -0.1) is 10.2 Å². The fourth-order valence-corrected chi connectivity index (χ4v) is 2.77. The van der Waals surface area contributed by atoms with Crippen molar-refractivity contribution >= 4 is 39.1 Å². The first kappa shape index (κ1) is 14.8. The average molecular weight is 363 g/mol. The Bertz CT molecular complexity index is 630. The first-order chi connectivity index (χ1) is 8.71. The Hall–Kier alpha value is -0.580.